The molecule has 3 rings (SSSR count). The highest BCUT2D eigenvalue weighted by Crippen LogP contribution is 2.29. The molecule has 2 aromatic carbocycles. The van der Waals surface area contributed by atoms with Crippen molar-refractivity contribution in [2.45, 2.75) is 0 Å². The third-order valence-corrected chi connectivity index (χ3v) is 4.11. The maximum absolute atomic E-state index is 13.8. The Balaban J connectivity index is 2.34. The Morgan fingerprint density at radius 3 is 2.76 bits per heavy atom. The second kappa shape index (κ2) is 5.44. The summed E-state index contributed by atoms with van der Waals surface area (Å²) < 4.78 is 22.0. The van der Waals surface area contributed by atoms with Crippen molar-refractivity contribution >= 4 is 50.8 Å². The van der Waals surface area contributed by atoms with E-state index in [1.165, 1.54) is 12.1 Å². The monoisotopic (exact) mass is 386 g/mol. The van der Waals surface area contributed by atoms with Gasteiger partial charge in [0.1, 0.15) is 11.6 Å². The van der Waals surface area contributed by atoms with Crippen LogP contribution in [0.3, 0.4) is 0 Å². The highest BCUT2D eigenvalue weighted by Gasteiger charge is 2.12. The number of hydrogen-bond acceptors (Lipinski definition) is 2. The van der Waals surface area contributed by atoms with Gasteiger partial charge in [0.25, 0.3) is 0 Å². The first kappa shape index (κ1) is 14.6. The van der Waals surface area contributed by atoms with Crippen LogP contribution in [0.1, 0.15) is 0 Å². The van der Waals surface area contributed by atoms with E-state index in [1.54, 1.807) is 11.7 Å². The highest BCUT2D eigenvalue weighted by molar-refractivity contribution is 9.10. The van der Waals surface area contributed by atoms with Crippen molar-refractivity contribution in [3.05, 3.63) is 50.4 Å². The van der Waals surface area contributed by atoms with Crippen molar-refractivity contribution in [2.75, 3.05) is 7.11 Å². The summed E-state index contributed by atoms with van der Waals surface area (Å²) in [5.74, 6) is 0.180. The summed E-state index contributed by atoms with van der Waals surface area (Å²) in [7, 11) is 1.58. The fourth-order valence-corrected chi connectivity index (χ4v) is 3.09. The lowest BCUT2D eigenvalue weighted by Crippen LogP contribution is -1.96. The van der Waals surface area contributed by atoms with E-state index in [2.05, 4.69) is 20.9 Å². The smallest absolute Gasteiger partial charge is 0.182 e. The summed E-state index contributed by atoms with van der Waals surface area (Å²) in [6.07, 6.45) is 0. The van der Waals surface area contributed by atoms with Crippen molar-refractivity contribution in [3.63, 3.8) is 0 Å². The second-order valence-electron chi connectivity index (χ2n) is 4.40. The Morgan fingerprint density at radius 1 is 1.29 bits per heavy atom. The number of imidazole rings is 1. The fraction of sp³-hybridized carbons (Fsp3) is 0.0714. The Bertz CT molecular complexity index is 906. The third kappa shape index (κ3) is 2.59. The Hall–Kier alpha value is -1.37. The maximum Gasteiger partial charge on any atom is 0.182 e. The van der Waals surface area contributed by atoms with Crippen molar-refractivity contribution in [1.29, 1.82) is 0 Å². The number of aromatic amines is 1. The van der Waals surface area contributed by atoms with E-state index >= 15 is 0 Å². The minimum Gasteiger partial charge on any atom is -0.497 e. The van der Waals surface area contributed by atoms with E-state index in [0.717, 1.165) is 10.2 Å². The SMILES string of the molecule is COc1cc(Br)cc(-n2c(=S)[nH]c3cc(Cl)c(F)cc32)c1. The number of ether oxygens (including phenoxy) is 1. The van der Waals surface area contributed by atoms with E-state index in [4.69, 9.17) is 28.6 Å². The lowest BCUT2D eigenvalue weighted by atomic mass is 10.2. The molecule has 3 nitrogen and oxygen atoms in total. The van der Waals surface area contributed by atoms with Gasteiger partial charge in [-0.3, -0.25) is 4.57 Å². The van der Waals surface area contributed by atoms with Crippen molar-refractivity contribution in [2.24, 2.45) is 0 Å². The van der Waals surface area contributed by atoms with Gasteiger partial charge in [-0.25, -0.2) is 4.39 Å². The van der Waals surface area contributed by atoms with Crippen LogP contribution in [0.25, 0.3) is 16.7 Å². The Kier molecular flexibility index (Phi) is 3.77. The molecule has 0 saturated carbocycles. The van der Waals surface area contributed by atoms with Gasteiger partial charge in [0.15, 0.2) is 4.77 Å². The zero-order valence-corrected chi connectivity index (χ0v) is 13.9. The van der Waals surface area contributed by atoms with Gasteiger partial charge < -0.3 is 9.72 Å². The summed E-state index contributed by atoms with van der Waals surface area (Å²) in [5.41, 5.74) is 2.05. The fourth-order valence-electron chi connectivity index (χ4n) is 2.15. The molecule has 7 heteroatoms. The van der Waals surface area contributed by atoms with Crippen molar-refractivity contribution < 1.29 is 9.13 Å². The van der Waals surface area contributed by atoms with E-state index in [1.807, 2.05) is 18.2 Å². The van der Waals surface area contributed by atoms with Crippen molar-refractivity contribution in [1.82, 2.24) is 9.55 Å². The molecule has 0 bridgehead atoms. The molecular formula is C14H9BrClFN2OS. The van der Waals surface area contributed by atoms with Gasteiger partial charge in [-0.2, -0.15) is 0 Å². The first-order chi connectivity index (χ1) is 9.99. The highest BCUT2D eigenvalue weighted by atomic mass is 79.9. The first-order valence-corrected chi connectivity index (χ1v) is 7.52. The van der Waals surface area contributed by atoms with Crippen LogP contribution in [0, 0.1) is 10.6 Å². The lowest BCUT2D eigenvalue weighted by molar-refractivity contribution is 0.414. The lowest BCUT2D eigenvalue weighted by Gasteiger charge is -2.08. The van der Waals surface area contributed by atoms with Crippen LogP contribution >= 0.6 is 39.7 Å². The second-order valence-corrected chi connectivity index (χ2v) is 6.11. The van der Waals surface area contributed by atoms with E-state index in [0.29, 0.717) is 21.6 Å². The van der Waals surface area contributed by atoms with Gasteiger partial charge in [-0.1, -0.05) is 27.5 Å². The van der Waals surface area contributed by atoms with Gasteiger partial charge >= 0.3 is 0 Å². The molecule has 21 heavy (non-hydrogen) atoms. The molecule has 0 aliphatic heterocycles. The number of hydrogen-bond donors (Lipinski definition) is 1. The molecule has 0 aliphatic carbocycles. The van der Waals surface area contributed by atoms with Crippen LogP contribution in [-0.4, -0.2) is 16.7 Å². The molecule has 1 N–H and O–H groups in total. The predicted molar refractivity (Wildman–Crippen MR) is 87.7 cm³/mol. The maximum atomic E-state index is 13.8. The zero-order chi connectivity index (χ0) is 15.1. The molecule has 1 aromatic heterocycles. The molecule has 0 spiro atoms. The molecule has 0 radical (unpaired) electrons. The van der Waals surface area contributed by atoms with Crippen LogP contribution in [-0.2, 0) is 0 Å². The number of rotatable bonds is 2. The average Bonchev–Trinajstić information content (AvgIpc) is 2.74. The molecule has 0 amide bonds. The van der Waals surface area contributed by atoms with Gasteiger partial charge in [-0.15, -0.1) is 0 Å². The number of nitrogens with zero attached hydrogens (tertiary/aromatic N) is 1. The molecule has 0 fully saturated rings. The van der Waals surface area contributed by atoms with Gasteiger partial charge in [0.2, 0.25) is 0 Å². The number of methoxy groups -OCH3 is 1. The van der Waals surface area contributed by atoms with Gasteiger partial charge in [-0.05, 0) is 30.4 Å². The zero-order valence-electron chi connectivity index (χ0n) is 10.8. The topological polar surface area (TPSA) is 29.9 Å². The number of aromatic nitrogens is 2. The summed E-state index contributed by atoms with van der Waals surface area (Å²) in [4.78, 5) is 3.02. The minimum absolute atomic E-state index is 0.0534. The Morgan fingerprint density at radius 2 is 2.05 bits per heavy atom. The number of halogens is 3. The average molecular weight is 388 g/mol. The number of fused-ring (bicyclic) bond motifs is 1. The molecule has 0 aliphatic rings. The number of nitrogens with one attached hydrogen (secondary N) is 1. The van der Waals surface area contributed by atoms with Gasteiger partial charge in [0.05, 0.1) is 28.9 Å². The molecule has 0 atom stereocenters. The van der Waals surface area contributed by atoms with Crippen LogP contribution < -0.4 is 4.74 Å². The summed E-state index contributed by atoms with van der Waals surface area (Å²) >= 11 is 14.6. The van der Waals surface area contributed by atoms with Crippen LogP contribution in [0.15, 0.2) is 34.8 Å². The molecule has 0 saturated heterocycles. The number of H-pyrrole nitrogens is 1. The van der Waals surface area contributed by atoms with Crippen LogP contribution in [0.5, 0.6) is 5.75 Å². The summed E-state index contributed by atoms with van der Waals surface area (Å²) in [6, 6.07) is 8.41. The summed E-state index contributed by atoms with van der Waals surface area (Å²) in [6.45, 7) is 0. The van der Waals surface area contributed by atoms with Crippen LogP contribution in [0.4, 0.5) is 4.39 Å². The minimum atomic E-state index is -0.492. The molecule has 3 aromatic rings. The standard InChI is InChI=1S/C14H9BrClFN2OS/c1-20-9-3-7(15)2-8(4-9)19-13-6-11(17)10(16)5-12(13)18-14(19)21/h2-6H,1H3,(H,18,21). The normalized spacial score (nSPS) is 11.0. The molecule has 108 valence electrons. The largest absolute Gasteiger partial charge is 0.497 e. The van der Waals surface area contributed by atoms with Crippen LogP contribution in [0.2, 0.25) is 5.02 Å². The molecule has 0 unspecified atom stereocenters. The Labute approximate surface area is 138 Å². The van der Waals surface area contributed by atoms with E-state index in [9.17, 15) is 4.39 Å². The summed E-state index contributed by atoms with van der Waals surface area (Å²) in [5, 5.41) is 0.0534. The quantitative estimate of drug-likeness (QED) is 0.609. The van der Waals surface area contributed by atoms with E-state index < -0.39 is 5.82 Å². The predicted octanol–water partition coefficient (Wildman–Crippen LogP) is 5.25. The van der Waals surface area contributed by atoms with Gasteiger partial charge in [0, 0.05) is 16.6 Å². The third-order valence-electron chi connectivity index (χ3n) is 3.07. The van der Waals surface area contributed by atoms with Crippen molar-refractivity contribution in [3.8, 4) is 11.4 Å². The molecular weight excluding hydrogens is 379 g/mol. The number of benzene rings is 2. The van der Waals surface area contributed by atoms with E-state index in [-0.39, 0.29) is 5.02 Å². The first-order valence-electron chi connectivity index (χ1n) is 5.94. The molecule has 1 heterocycles.